The van der Waals surface area contributed by atoms with Crippen molar-refractivity contribution in [2.45, 2.75) is 13.5 Å². The molecule has 1 aromatic rings. The van der Waals surface area contributed by atoms with E-state index in [1.807, 2.05) is 30.3 Å². The van der Waals surface area contributed by atoms with Crippen molar-refractivity contribution in [1.82, 2.24) is 10.6 Å². The molecule has 2 N–H and O–H groups in total. The molecule has 0 saturated heterocycles. The molecule has 1 amide bonds. The molecule has 18 heavy (non-hydrogen) atoms. The molecule has 1 rings (SSSR count). The summed E-state index contributed by atoms with van der Waals surface area (Å²) in [5.41, 5.74) is 0.996. The molecule has 0 unspecified atom stereocenters. The molecule has 0 aliphatic carbocycles. The highest BCUT2D eigenvalue weighted by atomic mass is 16.5. The molecule has 5 heteroatoms. The third-order valence-corrected chi connectivity index (χ3v) is 2.26. The summed E-state index contributed by atoms with van der Waals surface area (Å²) in [6.07, 6.45) is 0. The summed E-state index contributed by atoms with van der Waals surface area (Å²) < 4.78 is 5.31. The minimum Gasteiger partial charge on any atom is -0.478 e. The van der Waals surface area contributed by atoms with Crippen molar-refractivity contribution in [3.8, 4) is 11.8 Å². The van der Waals surface area contributed by atoms with Crippen LogP contribution in [-0.4, -0.2) is 25.6 Å². The van der Waals surface area contributed by atoms with E-state index in [0.717, 1.165) is 5.56 Å². The van der Waals surface area contributed by atoms with Crippen molar-refractivity contribution in [3.63, 3.8) is 0 Å². The lowest BCUT2D eigenvalue weighted by molar-refractivity contribution is -0.118. The van der Waals surface area contributed by atoms with E-state index < -0.39 is 0 Å². The zero-order chi connectivity index (χ0) is 13.2. The first-order valence-corrected chi connectivity index (χ1v) is 5.77. The van der Waals surface area contributed by atoms with Crippen molar-refractivity contribution in [2.75, 3.05) is 19.7 Å². The van der Waals surface area contributed by atoms with Gasteiger partial charge in [0.2, 0.25) is 5.91 Å². The summed E-state index contributed by atoms with van der Waals surface area (Å²) in [7, 11) is 0. The van der Waals surface area contributed by atoms with Crippen LogP contribution >= 0.6 is 0 Å². The molecule has 0 spiro atoms. The van der Waals surface area contributed by atoms with Crippen molar-refractivity contribution in [1.29, 1.82) is 5.26 Å². The Morgan fingerprint density at radius 2 is 2.17 bits per heavy atom. The van der Waals surface area contributed by atoms with Crippen molar-refractivity contribution < 1.29 is 9.53 Å². The Balaban J connectivity index is 2.37. The molecule has 0 radical (unpaired) electrons. The lowest BCUT2D eigenvalue weighted by Gasteiger charge is -2.10. The molecule has 96 valence electrons. The Bertz CT molecular complexity index is 426. The van der Waals surface area contributed by atoms with E-state index in [4.69, 9.17) is 10.00 Å². The molecular formula is C13H17N3O2. The first-order valence-electron chi connectivity index (χ1n) is 5.77. The molecule has 0 atom stereocenters. The highest BCUT2D eigenvalue weighted by molar-refractivity contribution is 5.72. The molecule has 0 aliphatic rings. The van der Waals surface area contributed by atoms with Crippen LogP contribution in [0, 0.1) is 11.3 Å². The molecule has 0 bridgehead atoms. The van der Waals surface area contributed by atoms with Gasteiger partial charge in [-0.1, -0.05) is 18.2 Å². The number of nitrogens with one attached hydrogen (secondary N) is 2. The van der Waals surface area contributed by atoms with Crippen LogP contribution in [0.1, 0.15) is 12.5 Å². The Morgan fingerprint density at radius 3 is 2.89 bits per heavy atom. The summed E-state index contributed by atoms with van der Waals surface area (Å²) in [4.78, 5) is 10.7. The number of nitrogens with zero attached hydrogens (tertiary/aromatic N) is 1. The lowest BCUT2D eigenvalue weighted by atomic mass is 10.2. The number of para-hydroxylation sites is 1. The predicted molar refractivity (Wildman–Crippen MR) is 67.9 cm³/mol. The summed E-state index contributed by atoms with van der Waals surface area (Å²) in [5, 5.41) is 14.4. The average molecular weight is 247 g/mol. The SMILES string of the molecule is CC(=O)NCCNCc1ccccc1OCC#N. The summed E-state index contributed by atoms with van der Waals surface area (Å²) in [6.45, 7) is 3.46. The summed E-state index contributed by atoms with van der Waals surface area (Å²) >= 11 is 0. The minimum atomic E-state index is -0.0328. The van der Waals surface area contributed by atoms with Gasteiger partial charge in [0.1, 0.15) is 11.8 Å². The van der Waals surface area contributed by atoms with Gasteiger partial charge < -0.3 is 15.4 Å². The fourth-order valence-corrected chi connectivity index (χ4v) is 1.45. The van der Waals surface area contributed by atoms with Crippen LogP contribution in [0.3, 0.4) is 0 Å². The second-order valence-corrected chi connectivity index (χ2v) is 3.71. The van der Waals surface area contributed by atoms with Crippen molar-refractivity contribution in [3.05, 3.63) is 29.8 Å². The van der Waals surface area contributed by atoms with E-state index in [2.05, 4.69) is 10.6 Å². The number of carbonyl (C=O) groups is 1. The zero-order valence-electron chi connectivity index (χ0n) is 10.4. The Hall–Kier alpha value is -2.06. The number of hydrogen-bond donors (Lipinski definition) is 2. The van der Waals surface area contributed by atoms with Gasteiger partial charge in [0, 0.05) is 32.1 Å². The second-order valence-electron chi connectivity index (χ2n) is 3.71. The molecule has 0 aliphatic heterocycles. The van der Waals surface area contributed by atoms with E-state index >= 15 is 0 Å². The van der Waals surface area contributed by atoms with E-state index in [-0.39, 0.29) is 12.5 Å². The normalized spacial score (nSPS) is 9.56. The van der Waals surface area contributed by atoms with Crippen LogP contribution in [0.5, 0.6) is 5.75 Å². The highest BCUT2D eigenvalue weighted by Gasteiger charge is 2.01. The fourth-order valence-electron chi connectivity index (χ4n) is 1.45. The summed E-state index contributed by atoms with van der Waals surface area (Å²) in [6, 6.07) is 9.51. The van der Waals surface area contributed by atoms with Crippen molar-refractivity contribution in [2.24, 2.45) is 0 Å². The minimum absolute atomic E-state index is 0.0328. The third-order valence-electron chi connectivity index (χ3n) is 2.26. The zero-order valence-corrected chi connectivity index (χ0v) is 10.4. The smallest absolute Gasteiger partial charge is 0.216 e. The average Bonchev–Trinajstić information content (AvgIpc) is 2.36. The van der Waals surface area contributed by atoms with Gasteiger partial charge in [-0.15, -0.1) is 0 Å². The van der Waals surface area contributed by atoms with Gasteiger partial charge in [0.15, 0.2) is 6.61 Å². The largest absolute Gasteiger partial charge is 0.478 e. The van der Waals surface area contributed by atoms with E-state index in [1.54, 1.807) is 0 Å². The van der Waals surface area contributed by atoms with Crippen LogP contribution in [0.15, 0.2) is 24.3 Å². The van der Waals surface area contributed by atoms with E-state index in [9.17, 15) is 4.79 Å². The van der Waals surface area contributed by atoms with E-state index in [0.29, 0.717) is 25.4 Å². The first-order chi connectivity index (χ1) is 8.74. The lowest BCUT2D eigenvalue weighted by Crippen LogP contribution is -2.29. The van der Waals surface area contributed by atoms with E-state index in [1.165, 1.54) is 6.92 Å². The highest BCUT2D eigenvalue weighted by Crippen LogP contribution is 2.17. The Kier molecular flexibility index (Phi) is 6.30. The number of amides is 1. The van der Waals surface area contributed by atoms with Gasteiger partial charge >= 0.3 is 0 Å². The number of benzene rings is 1. The van der Waals surface area contributed by atoms with Gasteiger partial charge in [-0.25, -0.2) is 0 Å². The van der Waals surface area contributed by atoms with Crippen LogP contribution in [0.25, 0.3) is 0 Å². The standard InChI is InChI=1S/C13H17N3O2/c1-11(17)16-8-7-15-10-12-4-2-3-5-13(12)18-9-6-14/h2-5,15H,7-10H2,1H3,(H,16,17). The van der Waals surface area contributed by atoms with Gasteiger partial charge in [0.05, 0.1) is 0 Å². The number of rotatable bonds is 7. The topological polar surface area (TPSA) is 74.2 Å². The molecule has 0 aromatic heterocycles. The maximum absolute atomic E-state index is 10.7. The maximum atomic E-state index is 10.7. The molecule has 5 nitrogen and oxygen atoms in total. The Labute approximate surface area is 107 Å². The molecule has 0 heterocycles. The monoisotopic (exact) mass is 247 g/mol. The third kappa shape index (κ3) is 5.32. The molecule has 1 aromatic carbocycles. The molecular weight excluding hydrogens is 230 g/mol. The van der Waals surface area contributed by atoms with Gasteiger partial charge in [-0.3, -0.25) is 4.79 Å². The van der Waals surface area contributed by atoms with Crippen LogP contribution in [0.4, 0.5) is 0 Å². The number of hydrogen-bond acceptors (Lipinski definition) is 4. The Morgan fingerprint density at radius 1 is 1.39 bits per heavy atom. The number of carbonyl (C=O) groups excluding carboxylic acids is 1. The van der Waals surface area contributed by atoms with Crippen LogP contribution < -0.4 is 15.4 Å². The second kappa shape index (κ2) is 8.09. The fraction of sp³-hybridized carbons (Fsp3) is 0.385. The number of nitriles is 1. The molecule has 0 fully saturated rings. The van der Waals surface area contributed by atoms with Gasteiger partial charge in [-0.05, 0) is 6.07 Å². The summed E-state index contributed by atoms with van der Waals surface area (Å²) in [5.74, 6) is 0.681. The maximum Gasteiger partial charge on any atom is 0.216 e. The molecule has 0 saturated carbocycles. The predicted octanol–water partition coefficient (Wildman–Crippen LogP) is 0.815. The van der Waals surface area contributed by atoms with Crippen LogP contribution in [0.2, 0.25) is 0 Å². The van der Waals surface area contributed by atoms with Crippen LogP contribution in [-0.2, 0) is 11.3 Å². The quantitative estimate of drug-likeness (QED) is 0.699. The van der Waals surface area contributed by atoms with Gasteiger partial charge in [-0.2, -0.15) is 5.26 Å². The first kappa shape index (κ1) is 14.0. The van der Waals surface area contributed by atoms with Gasteiger partial charge in [0.25, 0.3) is 0 Å². The van der Waals surface area contributed by atoms with Crippen molar-refractivity contribution >= 4 is 5.91 Å². The number of ether oxygens (including phenoxy) is 1.